The number of aliphatic hydroxyl groups excluding tert-OH is 1. The number of allylic oxidation sites excluding steroid dienone is 2. The molecule has 2 aliphatic rings. The molecule has 5 atom stereocenters. The van der Waals surface area contributed by atoms with Crippen LogP contribution in [0.15, 0.2) is 54.6 Å². The first-order valence-electron chi connectivity index (χ1n) is 12.8. The molecule has 4 nitrogen and oxygen atoms in total. The van der Waals surface area contributed by atoms with Crippen molar-refractivity contribution in [1.82, 2.24) is 0 Å². The lowest BCUT2D eigenvalue weighted by Crippen LogP contribution is -2.37. The first-order chi connectivity index (χ1) is 16.1. The van der Waals surface area contributed by atoms with Crippen LogP contribution in [0.2, 0.25) is 0 Å². The van der Waals surface area contributed by atoms with Gasteiger partial charge in [-0.05, 0) is 50.0 Å². The van der Waals surface area contributed by atoms with Gasteiger partial charge in [-0.15, -0.1) is 0 Å². The highest BCUT2D eigenvalue weighted by Crippen LogP contribution is 2.57. The summed E-state index contributed by atoms with van der Waals surface area (Å²) in [4.78, 5) is 11.3. The summed E-state index contributed by atoms with van der Waals surface area (Å²) in [6.45, 7) is 3.01. The Morgan fingerprint density at radius 2 is 2.06 bits per heavy atom. The number of carbonyl (C=O) groups excluding carboxylic acids is 1. The van der Waals surface area contributed by atoms with Crippen molar-refractivity contribution in [3.8, 4) is 0 Å². The zero-order valence-electron chi connectivity index (χ0n) is 20.5. The molecule has 1 aromatic rings. The van der Waals surface area contributed by atoms with Gasteiger partial charge in [0.2, 0.25) is 0 Å². The third kappa shape index (κ3) is 7.28. The average Bonchev–Trinajstić information content (AvgIpc) is 3.36. The number of unbranched alkanes of at least 4 members (excludes halogenated alkanes) is 3. The number of rotatable bonds is 14. The lowest BCUT2D eigenvalue weighted by Gasteiger charge is -2.38. The number of ether oxygens (including phenoxy) is 2. The molecule has 1 N–H and O–H groups in total. The summed E-state index contributed by atoms with van der Waals surface area (Å²) in [6.07, 6.45) is 18.2. The number of aliphatic hydroxyl groups is 1. The zero-order chi connectivity index (χ0) is 23.5. The predicted molar refractivity (Wildman–Crippen MR) is 133 cm³/mol. The smallest absolute Gasteiger partial charge is 0.305 e. The van der Waals surface area contributed by atoms with Gasteiger partial charge in [0.15, 0.2) is 0 Å². The van der Waals surface area contributed by atoms with Crippen LogP contribution in [0.25, 0.3) is 0 Å². The van der Waals surface area contributed by atoms with Crippen LogP contribution in [0.5, 0.6) is 0 Å². The van der Waals surface area contributed by atoms with Crippen molar-refractivity contribution in [2.24, 2.45) is 17.3 Å². The van der Waals surface area contributed by atoms with E-state index in [2.05, 4.69) is 55.5 Å². The topological polar surface area (TPSA) is 55.8 Å². The molecule has 3 rings (SSSR count). The van der Waals surface area contributed by atoms with Crippen LogP contribution in [0.4, 0.5) is 0 Å². The van der Waals surface area contributed by atoms with Crippen LogP contribution in [0.3, 0.4) is 0 Å². The highest BCUT2D eigenvalue weighted by atomic mass is 16.5. The number of carbonyl (C=O) groups is 1. The quantitative estimate of drug-likeness (QED) is 0.212. The van der Waals surface area contributed by atoms with Crippen molar-refractivity contribution in [3.63, 3.8) is 0 Å². The molecule has 2 bridgehead atoms. The van der Waals surface area contributed by atoms with Crippen LogP contribution >= 0.6 is 0 Å². The Kier molecular flexibility index (Phi) is 10.2. The summed E-state index contributed by atoms with van der Waals surface area (Å²) in [5, 5.41) is 10.5. The third-order valence-electron chi connectivity index (χ3n) is 7.47. The second-order valence-corrected chi connectivity index (χ2v) is 9.89. The maximum Gasteiger partial charge on any atom is 0.305 e. The fourth-order valence-electron chi connectivity index (χ4n) is 5.67. The number of methoxy groups -OCH3 is 1. The Balaban J connectivity index is 1.66. The molecule has 1 aliphatic carbocycles. The normalized spacial score (nSPS) is 27.5. The predicted octanol–water partition coefficient (Wildman–Crippen LogP) is 6.04. The minimum absolute atomic E-state index is 0.141. The number of fused-ring (bicyclic) bond motifs is 2. The van der Waals surface area contributed by atoms with E-state index in [4.69, 9.17) is 9.47 Å². The lowest BCUT2D eigenvalue weighted by molar-refractivity contribution is -0.140. The Morgan fingerprint density at radius 1 is 1.24 bits per heavy atom. The zero-order valence-corrected chi connectivity index (χ0v) is 20.5. The Bertz CT molecular complexity index is 771. The van der Waals surface area contributed by atoms with Gasteiger partial charge in [0.1, 0.15) is 0 Å². The third-order valence-corrected chi connectivity index (χ3v) is 7.47. The first-order valence-corrected chi connectivity index (χ1v) is 12.8. The molecule has 1 aliphatic heterocycles. The van der Waals surface area contributed by atoms with E-state index < -0.39 is 0 Å². The van der Waals surface area contributed by atoms with Gasteiger partial charge in [-0.1, -0.05) is 80.8 Å². The van der Waals surface area contributed by atoms with E-state index in [9.17, 15) is 9.90 Å². The van der Waals surface area contributed by atoms with Gasteiger partial charge in [-0.25, -0.2) is 0 Å². The molecule has 0 radical (unpaired) electrons. The van der Waals surface area contributed by atoms with Crippen LogP contribution in [-0.4, -0.2) is 37.0 Å². The van der Waals surface area contributed by atoms with Crippen LogP contribution in [0, 0.1) is 17.3 Å². The molecule has 0 unspecified atom stereocenters. The minimum atomic E-state index is -0.365. The fraction of sp³-hybridized carbons (Fsp3) is 0.621. The summed E-state index contributed by atoms with van der Waals surface area (Å²) in [6, 6.07) is 10.8. The molecule has 1 heterocycles. The van der Waals surface area contributed by atoms with Gasteiger partial charge in [0, 0.05) is 17.8 Å². The van der Waals surface area contributed by atoms with Gasteiger partial charge in [-0.3, -0.25) is 4.79 Å². The minimum Gasteiger partial charge on any atom is -0.469 e. The number of benzene rings is 1. The van der Waals surface area contributed by atoms with Crippen molar-refractivity contribution in [1.29, 1.82) is 0 Å². The molecule has 0 spiro atoms. The van der Waals surface area contributed by atoms with E-state index in [-0.39, 0.29) is 23.6 Å². The van der Waals surface area contributed by atoms with E-state index >= 15 is 0 Å². The van der Waals surface area contributed by atoms with Crippen molar-refractivity contribution >= 4 is 5.97 Å². The summed E-state index contributed by atoms with van der Waals surface area (Å²) in [5.74, 6) is 0.688. The first kappa shape index (κ1) is 25.7. The lowest BCUT2D eigenvalue weighted by atomic mass is 9.70. The molecule has 182 valence electrons. The van der Waals surface area contributed by atoms with Crippen molar-refractivity contribution in [2.45, 2.75) is 83.3 Å². The summed E-state index contributed by atoms with van der Waals surface area (Å²) < 4.78 is 11.0. The maximum atomic E-state index is 11.3. The van der Waals surface area contributed by atoms with Crippen molar-refractivity contribution < 1.29 is 19.4 Å². The number of esters is 1. The van der Waals surface area contributed by atoms with E-state index in [0.29, 0.717) is 18.3 Å². The molecule has 1 saturated carbocycles. The molecule has 1 saturated heterocycles. The van der Waals surface area contributed by atoms with Crippen molar-refractivity contribution in [3.05, 3.63) is 60.2 Å². The summed E-state index contributed by atoms with van der Waals surface area (Å²) in [5.41, 5.74) is 1.52. The summed E-state index contributed by atoms with van der Waals surface area (Å²) >= 11 is 0. The molecule has 2 fully saturated rings. The highest BCUT2D eigenvalue weighted by Gasteiger charge is 2.57. The molecule has 1 aromatic carbocycles. The van der Waals surface area contributed by atoms with E-state index in [1.165, 1.54) is 25.5 Å². The monoisotopic (exact) mass is 454 g/mol. The van der Waals surface area contributed by atoms with Gasteiger partial charge >= 0.3 is 5.97 Å². The van der Waals surface area contributed by atoms with E-state index in [1.807, 2.05) is 6.08 Å². The van der Waals surface area contributed by atoms with Gasteiger partial charge in [0.25, 0.3) is 0 Å². The van der Waals surface area contributed by atoms with E-state index in [0.717, 1.165) is 51.6 Å². The SMILES string of the molecule is CCCCC[C@H](O)C=C[C@@H]1[C@@H](CC=CCCCC(=O)OC)[C@@]2(Cc3ccccc3)CO[C@@H]1C2. The second kappa shape index (κ2) is 13.1. The second-order valence-electron chi connectivity index (χ2n) is 9.89. The molecular weight excluding hydrogens is 412 g/mol. The molecule has 0 aromatic heterocycles. The molecule has 33 heavy (non-hydrogen) atoms. The average molecular weight is 455 g/mol. The van der Waals surface area contributed by atoms with Crippen LogP contribution in [0.1, 0.15) is 70.3 Å². The molecule has 4 heteroatoms. The standard InChI is InChI=1S/C29H42O4/c1-3-4-8-15-24(30)18-19-25-26(16-11-5-6-12-17-28(31)32-2)29(21-27(25)33-22-29)20-23-13-9-7-10-14-23/h5,7,9-11,13-14,18-19,24-27,30H,3-4,6,8,12,15-17,20-22H2,1-2H3/t24-,25+,26+,27+,29+/m0/s1. The molecule has 0 amide bonds. The fourth-order valence-corrected chi connectivity index (χ4v) is 5.67. The Morgan fingerprint density at radius 3 is 2.82 bits per heavy atom. The van der Waals surface area contributed by atoms with Crippen LogP contribution in [-0.2, 0) is 20.7 Å². The van der Waals surface area contributed by atoms with Crippen LogP contribution < -0.4 is 0 Å². The van der Waals surface area contributed by atoms with E-state index in [1.54, 1.807) is 0 Å². The highest BCUT2D eigenvalue weighted by molar-refractivity contribution is 5.69. The number of hydrogen-bond acceptors (Lipinski definition) is 4. The molecular formula is C29H42O4. The Labute approximate surface area is 200 Å². The van der Waals surface area contributed by atoms with Gasteiger partial charge < -0.3 is 14.6 Å². The number of hydrogen-bond donors (Lipinski definition) is 1. The maximum absolute atomic E-state index is 11.3. The summed E-state index contributed by atoms with van der Waals surface area (Å²) in [7, 11) is 1.44. The Hall–Kier alpha value is -1.91. The van der Waals surface area contributed by atoms with Gasteiger partial charge in [0.05, 0.1) is 25.9 Å². The van der Waals surface area contributed by atoms with Crippen molar-refractivity contribution in [2.75, 3.05) is 13.7 Å². The largest absolute Gasteiger partial charge is 0.469 e. The van der Waals surface area contributed by atoms with Gasteiger partial charge in [-0.2, -0.15) is 0 Å².